The van der Waals surface area contributed by atoms with Gasteiger partial charge in [-0.05, 0) is 38.9 Å². The maximum atomic E-state index is 12.1. The lowest BCUT2D eigenvalue weighted by Crippen LogP contribution is -2.52. The molecule has 6 heteroatoms. The van der Waals surface area contributed by atoms with Gasteiger partial charge in [0.2, 0.25) is 0 Å². The summed E-state index contributed by atoms with van der Waals surface area (Å²) >= 11 is 0. The Labute approximate surface area is 120 Å². The van der Waals surface area contributed by atoms with E-state index in [9.17, 15) is 9.59 Å². The minimum absolute atomic E-state index is 0.116. The Balaban J connectivity index is 1.82. The van der Waals surface area contributed by atoms with Crippen molar-refractivity contribution >= 4 is 11.8 Å². The number of rotatable bonds is 2. The summed E-state index contributed by atoms with van der Waals surface area (Å²) in [6.07, 6.45) is 2.96. The molecule has 2 heterocycles. The molecule has 114 valence electrons. The minimum Gasteiger partial charge on any atom is -0.344 e. The van der Waals surface area contributed by atoms with Gasteiger partial charge in [-0.2, -0.15) is 0 Å². The molecule has 2 fully saturated rings. The fourth-order valence-corrected chi connectivity index (χ4v) is 2.90. The van der Waals surface area contributed by atoms with Crippen LogP contribution in [0.15, 0.2) is 0 Å². The third kappa shape index (κ3) is 4.18. The molecular formula is C14H26N4O2. The van der Waals surface area contributed by atoms with Crippen molar-refractivity contribution in [3.8, 4) is 0 Å². The molecule has 2 rings (SSSR count). The van der Waals surface area contributed by atoms with Crippen LogP contribution in [0.3, 0.4) is 0 Å². The van der Waals surface area contributed by atoms with Crippen LogP contribution >= 0.6 is 0 Å². The first-order chi connectivity index (χ1) is 9.70. The SMILES string of the molecule is CCN1CCCC(NC(=O)C(=O)N2CCCNCC2)C1. The zero-order valence-electron chi connectivity index (χ0n) is 12.4. The topological polar surface area (TPSA) is 64.7 Å². The highest BCUT2D eigenvalue weighted by Crippen LogP contribution is 2.09. The summed E-state index contributed by atoms with van der Waals surface area (Å²) in [5.41, 5.74) is 0. The first kappa shape index (κ1) is 15.3. The third-order valence-electron chi connectivity index (χ3n) is 4.11. The molecule has 2 amide bonds. The second-order valence-electron chi connectivity index (χ2n) is 5.60. The van der Waals surface area contributed by atoms with Crippen LogP contribution in [0, 0.1) is 0 Å². The van der Waals surface area contributed by atoms with E-state index in [1.165, 1.54) is 0 Å². The molecule has 2 saturated heterocycles. The van der Waals surface area contributed by atoms with E-state index >= 15 is 0 Å². The van der Waals surface area contributed by atoms with Gasteiger partial charge in [0.05, 0.1) is 0 Å². The van der Waals surface area contributed by atoms with Gasteiger partial charge < -0.3 is 20.4 Å². The summed E-state index contributed by atoms with van der Waals surface area (Å²) in [6.45, 7) is 8.05. The van der Waals surface area contributed by atoms with Crippen molar-refractivity contribution in [1.29, 1.82) is 0 Å². The Bertz CT molecular complexity index is 340. The number of amides is 2. The van der Waals surface area contributed by atoms with Crippen molar-refractivity contribution in [1.82, 2.24) is 20.4 Å². The van der Waals surface area contributed by atoms with E-state index in [0.717, 1.165) is 52.0 Å². The molecule has 2 N–H and O–H groups in total. The van der Waals surface area contributed by atoms with Crippen LogP contribution in [0.25, 0.3) is 0 Å². The zero-order valence-corrected chi connectivity index (χ0v) is 12.4. The van der Waals surface area contributed by atoms with Crippen LogP contribution in [-0.2, 0) is 9.59 Å². The van der Waals surface area contributed by atoms with Gasteiger partial charge in [-0.25, -0.2) is 0 Å². The van der Waals surface area contributed by atoms with E-state index in [1.54, 1.807) is 4.90 Å². The van der Waals surface area contributed by atoms with Crippen LogP contribution in [-0.4, -0.2) is 73.5 Å². The van der Waals surface area contributed by atoms with Gasteiger partial charge in [0, 0.05) is 32.2 Å². The number of piperidine rings is 1. The summed E-state index contributed by atoms with van der Waals surface area (Å²) in [5, 5.41) is 6.14. The van der Waals surface area contributed by atoms with E-state index in [1.807, 2.05) is 0 Å². The van der Waals surface area contributed by atoms with Crippen LogP contribution in [0.2, 0.25) is 0 Å². The Hall–Kier alpha value is -1.14. The lowest BCUT2D eigenvalue weighted by atomic mass is 10.1. The van der Waals surface area contributed by atoms with E-state index < -0.39 is 5.91 Å². The molecule has 2 aliphatic rings. The molecule has 0 saturated carbocycles. The number of likely N-dealkylation sites (N-methyl/N-ethyl adjacent to an activating group) is 1. The number of carbonyl (C=O) groups is 2. The highest BCUT2D eigenvalue weighted by molar-refractivity contribution is 6.35. The largest absolute Gasteiger partial charge is 0.344 e. The van der Waals surface area contributed by atoms with Crippen molar-refractivity contribution in [2.45, 2.75) is 32.2 Å². The molecule has 0 aromatic rings. The number of carbonyl (C=O) groups excluding carboxylic acids is 2. The van der Waals surface area contributed by atoms with Crippen LogP contribution < -0.4 is 10.6 Å². The van der Waals surface area contributed by atoms with E-state index in [4.69, 9.17) is 0 Å². The molecule has 0 aromatic heterocycles. The average Bonchev–Trinajstić information content (AvgIpc) is 2.75. The van der Waals surface area contributed by atoms with Crippen molar-refractivity contribution in [3.05, 3.63) is 0 Å². The predicted molar refractivity (Wildman–Crippen MR) is 77.3 cm³/mol. The molecule has 20 heavy (non-hydrogen) atoms. The molecule has 0 aliphatic carbocycles. The smallest absolute Gasteiger partial charge is 0.311 e. The quantitative estimate of drug-likeness (QED) is 0.665. The van der Waals surface area contributed by atoms with Gasteiger partial charge in [0.25, 0.3) is 0 Å². The molecular weight excluding hydrogens is 256 g/mol. The molecule has 0 bridgehead atoms. The van der Waals surface area contributed by atoms with Crippen molar-refractivity contribution in [2.24, 2.45) is 0 Å². The van der Waals surface area contributed by atoms with Gasteiger partial charge in [0.1, 0.15) is 0 Å². The van der Waals surface area contributed by atoms with Gasteiger partial charge in [-0.15, -0.1) is 0 Å². The Morgan fingerprint density at radius 3 is 2.85 bits per heavy atom. The Kier molecular flexibility index (Phi) is 5.79. The zero-order chi connectivity index (χ0) is 14.4. The summed E-state index contributed by atoms with van der Waals surface area (Å²) < 4.78 is 0. The highest BCUT2D eigenvalue weighted by Gasteiger charge is 2.26. The summed E-state index contributed by atoms with van der Waals surface area (Å²) in [5.74, 6) is -0.808. The number of hydrogen-bond acceptors (Lipinski definition) is 4. The number of nitrogens with zero attached hydrogens (tertiary/aromatic N) is 2. The van der Waals surface area contributed by atoms with Crippen LogP contribution in [0.1, 0.15) is 26.2 Å². The van der Waals surface area contributed by atoms with E-state index in [0.29, 0.717) is 13.1 Å². The molecule has 1 atom stereocenters. The Morgan fingerprint density at radius 1 is 1.20 bits per heavy atom. The normalized spacial score (nSPS) is 25.1. The van der Waals surface area contributed by atoms with Crippen molar-refractivity contribution < 1.29 is 9.59 Å². The van der Waals surface area contributed by atoms with Crippen LogP contribution in [0.5, 0.6) is 0 Å². The number of likely N-dealkylation sites (tertiary alicyclic amines) is 1. The maximum Gasteiger partial charge on any atom is 0.311 e. The highest BCUT2D eigenvalue weighted by atomic mass is 16.2. The molecule has 1 unspecified atom stereocenters. The monoisotopic (exact) mass is 282 g/mol. The fourth-order valence-electron chi connectivity index (χ4n) is 2.90. The predicted octanol–water partition coefficient (Wildman–Crippen LogP) is -0.591. The van der Waals surface area contributed by atoms with Crippen LogP contribution in [0.4, 0.5) is 0 Å². The summed E-state index contributed by atoms with van der Waals surface area (Å²) in [6, 6.07) is 0.116. The molecule has 2 aliphatic heterocycles. The third-order valence-corrected chi connectivity index (χ3v) is 4.11. The number of hydrogen-bond donors (Lipinski definition) is 2. The second-order valence-corrected chi connectivity index (χ2v) is 5.60. The summed E-state index contributed by atoms with van der Waals surface area (Å²) in [7, 11) is 0. The van der Waals surface area contributed by atoms with Gasteiger partial charge in [0.15, 0.2) is 0 Å². The first-order valence-corrected chi connectivity index (χ1v) is 7.73. The van der Waals surface area contributed by atoms with Gasteiger partial charge in [-0.1, -0.05) is 6.92 Å². The fraction of sp³-hybridized carbons (Fsp3) is 0.857. The maximum absolute atomic E-state index is 12.1. The van der Waals surface area contributed by atoms with E-state index in [2.05, 4.69) is 22.5 Å². The van der Waals surface area contributed by atoms with E-state index in [-0.39, 0.29) is 11.9 Å². The standard InChI is InChI=1S/C14H26N4O2/c1-2-17-8-3-5-12(11-17)16-13(19)14(20)18-9-4-6-15-7-10-18/h12,15H,2-11H2,1H3,(H,16,19). The lowest BCUT2D eigenvalue weighted by Gasteiger charge is -2.32. The number of nitrogens with one attached hydrogen (secondary N) is 2. The average molecular weight is 282 g/mol. The molecule has 0 radical (unpaired) electrons. The molecule has 0 spiro atoms. The molecule has 6 nitrogen and oxygen atoms in total. The Morgan fingerprint density at radius 2 is 2.05 bits per heavy atom. The van der Waals surface area contributed by atoms with Crippen molar-refractivity contribution in [2.75, 3.05) is 45.8 Å². The minimum atomic E-state index is -0.435. The van der Waals surface area contributed by atoms with Crippen molar-refractivity contribution in [3.63, 3.8) is 0 Å². The second kappa shape index (κ2) is 7.59. The lowest BCUT2D eigenvalue weighted by molar-refractivity contribution is -0.146. The van der Waals surface area contributed by atoms with Gasteiger partial charge >= 0.3 is 11.8 Å². The van der Waals surface area contributed by atoms with Gasteiger partial charge in [-0.3, -0.25) is 9.59 Å². The summed E-state index contributed by atoms with van der Waals surface area (Å²) in [4.78, 5) is 28.2. The molecule has 0 aromatic carbocycles. The first-order valence-electron chi connectivity index (χ1n) is 7.73.